The highest BCUT2D eigenvalue weighted by Crippen LogP contribution is 2.26. The van der Waals surface area contributed by atoms with E-state index in [1.807, 2.05) is 25.1 Å². The van der Waals surface area contributed by atoms with Gasteiger partial charge in [-0.2, -0.15) is 5.26 Å². The zero-order valence-corrected chi connectivity index (χ0v) is 15.0. The summed E-state index contributed by atoms with van der Waals surface area (Å²) in [4.78, 5) is 14.9. The van der Waals surface area contributed by atoms with E-state index in [-0.39, 0.29) is 11.9 Å². The predicted molar refractivity (Wildman–Crippen MR) is 99.8 cm³/mol. The van der Waals surface area contributed by atoms with Crippen molar-refractivity contribution in [2.75, 3.05) is 6.54 Å². The second-order valence-electron chi connectivity index (χ2n) is 6.72. The average molecular weight is 357 g/mol. The highest BCUT2D eigenvalue weighted by Gasteiger charge is 2.31. The summed E-state index contributed by atoms with van der Waals surface area (Å²) in [5.74, 6) is 1.50. The van der Waals surface area contributed by atoms with Gasteiger partial charge in [-0.15, -0.1) is 10.2 Å². The Labute approximate surface area is 157 Å². The van der Waals surface area contributed by atoms with Gasteiger partial charge in [0.15, 0.2) is 5.82 Å². The minimum atomic E-state index is -0.142. The molecule has 0 fully saturated rings. The Kier molecular flexibility index (Phi) is 4.43. The molecule has 2 aromatic carbocycles. The molecule has 1 atom stereocenters. The number of aromatic nitrogens is 3. The van der Waals surface area contributed by atoms with E-state index < -0.39 is 0 Å². The molecule has 6 nitrogen and oxygen atoms in total. The fraction of sp³-hybridized carbons (Fsp3) is 0.238. The first-order chi connectivity index (χ1) is 13.2. The Morgan fingerprint density at radius 1 is 1.15 bits per heavy atom. The van der Waals surface area contributed by atoms with Gasteiger partial charge in [0.05, 0.1) is 29.8 Å². The van der Waals surface area contributed by atoms with Crippen molar-refractivity contribution in [1.82, 2.24) is 19.7 Å². The van der Waals surface area contributed by atoms with E-state index >= 15 is 0 Å². The van der Waals surface area contributed by atoms with Crippen LogP contribution in [0.2, 0.25) is 0 Å². The molecule has 0 spiro atoms. The van der Waals surface area contributed by atoms with E-state index in [0.29, 0.717) is 24.2 Å². The molecule has 0 aliphatic carbocycles. The van der Waals surface area contributed by atoms with Crippen LogP contribution < -0.4 is 0 Å². The Hall–Kier alpha value is -3.46. The van der Waals surface area contributed by atoms with Crippen LogP contribution in [-0.2, 0) is 13.0 Å². The monoisotopic (exact) mass is 357 g/mol. The van der Waals surface area contributed by atoms with Crippen LogP contribution in [0.15, 0.2) is 54.6 Å². The van der Waals surface area contributed by atoms with Gasteiger partial charge in [-0.1, -0.05) is 42.5 Å². The molecule has 0 N–H and O–H groups in total. The number of nitrogens with zero attached hydrogens (tertiary/aromatic N) is 5. The number of carbonyl (C=O) groups excluding carboxylic acids is 1. The largest absolute Gasteiger partial charge is 0.329 e. The molecule has 0 unspecified atom stereocenters. The third kappa shape index (κ3) is 3.20. The van der Waals surface area contributed by atoms with Gasteiger partial charge in [0.25, 0.3) is 5.91 Å². The van der Waals surface area contributed by atoms with Gasteiger partial charge in [-0.05, 0) is 31.0 Å². The van der Waals surface area contributed by atoms with E-state index in [4.69, 9.17) is 0 Å². The van der Waals surface area contributed by atoms with Crippen LogP contribution in [0.5, 0.6) is 0 Å². The summed E-state index contributed by atoms with van der Waals surface area (Å²) in [5, 5.41) is 17.8. The third-order valence-electron chi connectivity index (χ3n) is 4.94. The molecule has 1 aromatic heterocycles. The van der Waals surface area contributed by atoms with Crippen LogP contribution in [0.1, 0.15) is 39.2 Å². The van der Waals surface area contributed by atoms with E-state index in [0.717, 1.165) is 18.1 Å². The molecule has 0 saturated heterocycles. The molecular weight excluding hydrogens is 338 g/mol. The molecule has 1 aliphatic rings. The van der Waals surface area contributed by atoms with Crippen LogP contribution >= 0.6 is 0 Å². The summed E-state index contributed by atoms with van der Waals surface area (Å²) in [7, 11) is 0. The van der Waals surface area contributed by atoms with Crippen molar-refractivity contribution >= 4 is 5.91 Å². The maximum atomic E-state index is 13.1. The minimum Gasteiger partial charge on any atom is -0.329 e. The smallest absolute Gasteiger partial charge is 0.255 e. The number of benzene rings is 2. The van der Waals surface area contributed by atoms with Crippen LogP contribution in [-0.4, -0.2) is 32.1 Å². The first-order valence-electron chi connectivity index (χ1n) is 8.90. The number of hydrogen-bond donors (Lipinski definition) is 0. The van der Waals surface area contributed by atoms with E-state index in [1.165, 1.54) is 5.56 Å². The number of fused-ring (bicyclic) bond motifs is 1. The van der Waals surface area contributed by atoms with Crippen molar-refractivity contribution in [2.24, 2.45) is 0 Å². The number of hydrogen-bond acceptors (Lipinski definition) is 4. The van der Waals surface area contributed by atoms with Crippen LogP contribution in [0.3, 0.4) is 0 Å². The lowest BCUT2D eigenvalue weighted by Gasteiger charge is -2.34. The highest BCUT2D eigenvalue weighted by atomic mass is 16.2. The molecule has 0 bridgehead atoms. The summed E-state index contributed by atoms with van der Waals surface area (Å²) in [6.07, 6.45) is 0.788. The third-order valence-corrected chi connectivity index (χ3v) is 4.94. The van der Waals surface area contributed by atoms with Gasteiger partial charge in [-0.3, -0.25) is 4.79 Å². The molecule has 0 radical (unpaired) electrons. The van der Waals surface area contributed by atoms with E-state index in [1.54, 1.807) is 29.2 Å². The minimum absolute atomic E-state index is 0.0596. The number of amides is 1. The summed E-state index contributed by atoms with van der Waals surface area (Å²) >= 11 is 0. The molecule has 1 amide bonds. The molecule has 0 saturated carbocycles. The van der Waals surface area contributed by atoms with Crippen molar-refractivity contribution in [1.29, 1.82) is 5.26 Å². The van der Waals surface area contributed by atoms with Crippen molar-refractivity contribution in [3.8, 4) is 6.07 Å². The van der Waals surface area contributed by atoms with Crippen molar-refractivity contribution < 1.29 is 4.79 Å². The Morgan fingerprint density at radius 2 is 1.89 bits per heavy atom. The Balaban J connectivity index is 1.67. The van der Waals surface area contributed by atoms with Gasteiger partial charge < -0.3 is 9.47 Å². The van der Waals surface area contributed by atoms with Gasteiger partial charge in [0.1, 0.15) is 5.82 Å². The topological polar surface area (TPSA) is 74.8 Å². The Morgan fingerprint density at radius 3 is 2.67 bits per heavy atom. The molecule has 2 heterocycles. The number of carbonyl (C=O) groups is 1. The second-order valence-corrected chi connectivity index (χ2v) is 6.72. The maximum absolute atomic E-state index is 13.1. The Bertz CT molecular complexity index is 1020. The first-order valence-corrected chi connectivity index (χ1v) is 8.90. The SMILES string of the molecule is Cc1nnc2n1[C@H](Cc1ccccc1)CN(C(=O)c1ccccc1C#N)C2. The van der Waals surface area contributed by atoms with Gasteiger partial charge in [-0.25, -0.2) is 0 Å². The molecular formula is C21H19N5O. The molecule has 6 heteroatoms. The quantitative estimate of drug-likeness (QED) is 0.722. The average Bonchev–Trinajstić information content (AvgIpc) is 3.09. The normalized spacial score (nSPS) is 15.9. The predicted octanol–water partition coefficient (Wildman–Crippen LogP) is 2.90. The van der Waals surface area contributed by atoms with Crippen molar-refractivity contribution in [3.63, 3.8) is 0 Å². The lowest BCUT2D eigenvalue weighted by molar-refractivity contribution is 0.0671. The summed E-state index contributed by atoms with van der Waals surface area (Å²) < 4.78 is 2.13. The number of nitriles is 1. The van der Waals surface area contributed by atoms with Gasteiger partial charge in [0, 0.05) is 6.54 Å². The summed E-state index contributed by atoms with van der Waals surface area (Å²) in [6.45, 7) is 2.89. The molecule has 1 aliphatic heterocycles. The molecule has 4 rings (SSSR count). The van der Waals surface area contributed by atoms with Crippen LogP contribution in [0.25, 0.3) is 0 Å². The lowest BCUT2D eigenvalue weighted by Crippen LogP contribution is -2.42. The standard InChI is InChI=1S/C21H19N5O/c1-15-23-24-20-14-25(21(27)19-10-6-5-9-17(19)12-22)13-18(26(15)20)11-16-7-3-2-4-8-16/h2-10,18H,11,13-14H2,1H3/t18-/m1/s1. The van der Waals surface area contributed by atoms with E-state index in [2.05, 4.69) is 33.0 Å². The summed E-state index contributed by atoms with van der Waals surface area (Å²) in [5.41, 5.74) is 2.03. The zero-order valence-electron chi connectivity index (χ0n) is 15.0. The fourth-order valence-electron chi connectivity index (χ4n) is 3.70. The van der Waals surface area contributed by atoms with E-state index in [9.17, 15) is 10.1 Å². The second kappa shape index (κ2) is 7.04. The van der Waals surface area contributed by atoms with Crippen molar-refractivity contribution in [2.45, 2.75) is 25.9 Å². The molecule has 3 aromatic rings. The number of aryl methyl sites for hydroxylation is 1. The maximum Gasteiger partial charge on any atom is 0.255 e. The van der Waals surface area contributed by atoms with Gasteiger partial charge >= 0.3 is 0 Å². The molecule has 134 valence electrons. The van der Waals surface area contributed by atoms with Crippen LogP contribution in [0.4, 0.5) is 0 Å². The fourth-order valence-corrected chi connectivity index (χ4v) is 3.70. The summed E-state index contributed by atoms with van der Waals surface area (Å²) in [6, 6.07) is 19.3. The first kappa shape index (κ1) is 17.0. The zero-order chi connectivity index (χ0) is 18.8. The van der Waals surface area contributed by atoms with Crippen LogP contribution in [0, 0.1) is 18.3 Å². The lowest BCUT2D eigenvalue weighted by atomic mass is 10.0. The highest BCUT2D eigenvalue weighted by molar-refractivity contribution is 5.96. The number of rotatable bonds is 3. The van der Waals surface area contributed by atoms with Crippen molar-refractivity contribution in [3.05, 3.63) is 82.9 Å². The molecule has 27 heavy (non-hydrogen) atoms. The van der Waals surface area contributed by atoms with Gasteiger partial charge in [0.2, 0.25) is 0 Å².